The summed E-state index contributed by atoms with van der Waals surface area (Å²) in [6.07, 6.45) is 9.13. The lowest BCUT2D eigenvalue weighted by molar-refractivity contribution is -0.118. The molecule has 1 aliphatic rings. The molecule has 192 valence electrons. The third kappa shape index (κ3) is 5.54. The number of fused-ring (bicyclic) bond motifs is 1. The van der Waals surface area contributed by atoms with Gasteiger partial charge in [0.25, 0.3) is 5.91 Å². The Hall–Kier alpha value is -4.05. The van der Waals surface area contributed by atoms with Crippen LogP contribution in [0.4, 0.5) is 11.4 Å². The average molecular weight is 501 g/mol. The predicted octanol–water partition coefficient (Wildman–Crippen LogP) is 3.98. The first kappa shape index (κ1) is 24.6. The molecule has 2 amide bonds. The van der Waals surface area contributed by atoms with E-state index in [0.717, 1.165) is 29.6 Å². The number of aromatic nitrogens is 5. The largest absolute Gasteiger partial charge is 0.339 e. The van der Waals surface area contributed by atoms with Gasteiger partial charge in [0, 0.05) is 43.0 Å². The Balaban J connectivity index is 1.27. The molecular weight excluding hydrogens is 468 g/mol. The van der Waals surface area contributed by atoms with Gasteiger partial charge in [-0.05, 0) is 50.8 Å². The quantitative estimate of drug-likeness (QED) is 0.368. The van der Waals surface area contributed by atoms with E-state index in [4.69, 9.17) is 0 Å². The van der Waals surface area contributed by atoms with Gasteiger partial charge in [0.05, 0.1) is 47.3 Å². The number of likely N-dealkylation sites (tertiary alicyclic amines) is 1. The molecule has 4 aromatic rings. The van der Waals surface area contributed by atoms with E-state index in [9.17, 15) is 9.59 Å². The lowest BCUT2D eigenvalue weighted by Gasteiger charge is -2.36. The average Bonchev–Trinajstić information content (AvgIpc) is 3.49. The molecule has 37 heavy (non-hydrogen) atoms. The monoisotopic (exact) mass is 500 g/mol. The second-order valence-electron chi connectivity index (χ2n) is 10.1. The number of pyridine rings is 2. The van der Waals surface area contributed by atoms with Crippen LogP contribution in [0.15, 0.2) is 43.0 Å². The lowest BCUT2D eigenvalue weighted by atomic mass is 9.95. The molecule has 5 rings (SSSR count). The van der Waals surface area contributed by atoms with Gasteiger partial charge < -0.3 is 15.6 Å². The minimum absolute atomic E-state index is 0.0876. The number of hydrogen-bond donors (Lipinski definition) is 3. The predicted molar refractivity (Wildman–Crippen MR) is 143 cm³/mol. The van der Waals surface area contributed by atoms with Gasteiger partial charge in [-0.1, -0.05) is 6.92 Å². The van der Waals surface area contributed by atoms with Crippen LogP contribution in [-0.4, -0.2) is 60.6 Å². The van der Waals surface area contributed by atoms with Crippen LogP contribution >= 0.6 is 0 Å². The zero-order valence-electron chi connectivity index (χ0n) is 21.6. The van der Waals surface area contributed by atoms with E-state index in [2.05, 4.69) is 49.4 Å². The van der Waals surface area contributed by atoms with Gasteiger partial charge in [-0.3, -0.25) is 24.2 Å². The number of carbonyl (C=O) groups is 2. The second-order valence-corrected chi connectivity index (χ2v) is 10.1. The molecule has 0 aromatic carbocycles. The molecular formula is C27H32N8O2. The zero-order chi connectivity index (χ0) is 26.1. The molecule has 1 aliphatic heterocycles. The fraction of sp³-hybridized carbons (Fsp3) is 0.370. The Kier molecular flexibility index (Phi) is 6.75. The number of carbonyl (C=O) groups excluding carboxylic acids is 2. The summed E-state index contributed by atoms with van der Waals surface area (Å²) < 4.78 is 1.73. The van der Waals surface area contributed by atoms with Crippen molar-refractivity contribution >= 4 is 34.2 Å². The third-order valence-corrected chi connectivity index (χ3v) is 6.96. The van der Waals surface area contributed by atoms with Crippen molar-refractivity contribution in [3.8, 4) is 11.3 Å². The molecule has 4 aromatic heterocycles. The van der Waals surface area contributed by atoms with E-state index in [1.807, 2.05) is 26.2 Å². The van der Waals surface area contributed by atoms with Crippen molar-refractivity contribution in [2.24, 2.45) is 13.0 Å². The summed E-state index contributed by atoms with van der Waals surface area (Å²) >= 11 is 0. The summed E-state index contributed by atoms with van der Waals surface area (Å²) in [5, 5.41) is 10.9. The van der Waals surface area contributed by atoms with E-state index in [0.29, 0.717) is 46.8 Å². The van der Waals surface area contributed by atoms with Crippen LogP contribution in [-0.2, 0) is 11.8 Å². The molecule has 3 N–H and O–H groups in total. The smallest absolute Gasteiger partial charge is 0.257 e. The number of nitrogens with zero attached hydrogens (tertiary/aromatic N) is 5. The zero-order valence-corrected chi connectivity index (χ0v) is 21.6. The second kappa shape index (κ2) is 10.1. The molecule has 5 heterocycles. The van der Waals surface area contributed by atoms with Gasteiger partial charge in [0.15, 0.2) is 0 Å². The van der Waals surface area contributed by atoms with Gasteiger partial charge in [-0.25, -0.2) is 4.98 Å². The van der Waals surface area contributed by atoms with E-state index < -0.39 is 0 Å². The van der Waals surface area contributed by atoms with Gasteiger partial charge in [-0.15, -0.1) is 0 Å². The number of amides is 2. The number of rotatable bonds is 6. The molecule has 0 bridgehead atoms. The van der Waals surface area contributed by atoms with Gasteiger partial charge in [0.1, 0.15) is 5.65 Å². The molecule has 0 radical (unpaired) electrons. The number of aryl methyl sites for hydroxylation is 2. The van der Waals surface area contributed by atoms with Crippen LogP contribution in [0.5, 0.6) is 0 Å². The highest BCUT2D eigenvalue weighted by Gasteiger charge is 2.24. The maximum absolute atomic E-state index is 13.1. The van der Waals surface area contributed by atoms with Crippen LogP contribution in [0.3, 0.4) is 0 Å². The summed E-state index contributed by atoms with van der Waals surface area (Å²) in [6.45, 7) is 7.46. The number of H-pyrrole nitrogens is 1. The summed E-state index contributed by atoms with van der Waals surface area (Å²) in [4.78, 5) is 40.0. The summed E-state index contributed by atoms with van der Waals surface area (Å²) in [7, 11) is 1.86. The first-order valence-corrected chi connectivity index (χ1v) is 12.5. The molecule has 0 saturated carbocycles. The molecule has 1 fully saturated rings. The first-order valence-electron chi connectivity index (χ1n) is 12.5. The highest BCUT2D eigenvalue weighted by molar-refractivity contribution is 6.06. The minimum atomic E-state index is -0.303. The highest BCUT2D eigenvalue weighted by Crippen LogP contribution is 2.25. The van der Waals surface area contributed by atoms with Crippen LogP contribution < -0.4 is 10.6 Å². The summed E-state index contributed by atoms with van der Waals surface area (Å²) in [6, 6.07) is 5.87. The Morgan fingerprint density at radius 3 is 2.70 bits per heavy atom. The standard InChI is InChI=1S/C27H32N8O2/c1-16-5-6-17(2)35(13-16)15-25(36)31-22-9-23(18(3)28-12-22)33-27(37)20-7-19-8-24(32-26(19)29-10-20)21-11-30-34(4)14-21/h7-12,14,16-17H,5-6,13,15H2,1-4H3,(H,29,32)(H,31,36)(H,33,37). The molecule has 0 aliphatic carbocycles. The van der Waals surface area contributed by atoms with Crippen molar-refractivity contribution in [2.45, 2.75) is 39.7 Å². The molecule has 2 unspecified atom stereocenters. The van der Waals surface area contributed by atoms with Crippen LogP contribution in [0.25, 0.3) is 22.3 Å². The number of hydrogen-bond acceptors (Lipinski definition) is 6. The SMILES string of the molecule is Cc1ncc(NC(=O)CN2CC(C)CCC2C)cc1NC(=O)c1cnc2[nH]c(-c3cnn(C)c3)cc2c1. The van der Waals surface area contributed by atoms with Crippen molar-refractivity contribution in [1.82, 2.24) is 29.6 Å². The molecule has 0 spiro atoms. The Labute approximate surface area is 215 Å². The van der Waals surface area contributed by atoms with Gasteiger partial charge in [0.2, 0.25) is 5.91 Å². The topological polar surface area (TPSA) is 121 Å². The number of nitrogens with one attached hydrogen (secondary N) is 3. The van der Waals surface area contributed by atoms with Crippen molar-refractivity contribution in [3.63, 3.8) is 0 Å². The van der Waals surface area contributed by atoms with Gasteiger partial charge in [-0.2, -0.15) is 5.10 Å². The Morgan fingerprint density at radius 2 is 1.92 bits per heavy atom. The maximum atomic E-state index is 13.1. The third-order valence-electron chi connectivity index (χ3n) is 6.96. The number of piperidine rings is 1. The maximum Gasteiger partial charge on any atom is 0.257 e. The number of anilines is 2. The molecule has 2 atom stereocenters. The summed E-state index contributed by atoms with van der Waals surface area (Å²) in [5.41, 5.74) is 4.67. The van der Waals surface area contributed by atoms with E-state index in [1.54, 1.807) is 29.2 Å². The minimum Gasteiger partial charge on any atom is -0.339 e. The molecule has 10 nitrogen and oxygen atoms in total. The van der Waals surface area contributed by atoms with Gasteiger partial charge >= 0.3 is 0 Å². The van der Waals surface area contributed by atoms with Crippen molar-refractivity contribution in [3.05, 3.63) is 54.2 Å². The fourth-order valence-corrected chi connectivity index (χ4v) is 4.76. The van der Waals surface area contributed by atoms with Crippen LogP contribution in [0, 0.1) is 12.8 Å². The van der Waals surface area contributed by atoms with Crippen LogP contribution in [0.2, 0.25) is 0 Å². The fourth-order valence-electron chi connectivity index (χ4n) is 4.76. The van der Waals surface area contributed by atoms with E-state index in [1.165, 1.54) is 12.6 Å². The van der Waals surface area contributed by atoms with Crippen LogP contribution in [0.1, 0.15) is 42.7 Å². The van der Waals surface area contributed by atoms with E-state index in [-0.39, 0.29) is 11.8 Å². The number of aromatic amines is 1. The highest BCUT2D eigenvalue weighted by atomic mass is 16.2. The summed E-state index contributed by atoms with van der Waals surface area (Å²) in [5.74, 6) is 0.201. The lowest BCUT2D eigenvalue weighted by Crippen LogP contribution is -2.45. The Bertz CT molecular complexity index is 1460. The molecule has 10 heteroatoms. The molecule has 1 saturated heterocycles. The van der Waals surface area contributed by atoms with Crippen molar-refractivity contribution < 1.29 is 9.59 Å². The first-order chi connectivity index (χ1) is 17.7. The van der Waals surface area contributed by atoms with Crippen molar-refractivity contribution in [1.29, 1.82) is 0 Å². The van der Waals surface area contributed by atoms with E-state index >= 15 is 0 Å². The Morgan fingerprint density at radius 1 is 1.08 bits per heavy atom. The van der Waals surface area contributed by atoms with Crippen molar-refractivity contribution in [2.75, 3.05) is 23.7 Å². The normalized spacial score (nSPS) is 18.2.